The molecule has 1 aromatic rings. The molecule has 3 heteroatoms. The van der Waals surface area contributed by atoms with Crippen LogP contribution in [0.4, 0.5) is 0 Å². The van der Waals surface area contributed by atoms with Crippen LogP contribution in [-0.2, 0) is 11.2 Å². The van der Waals surface area contributed by atoms with E-state index in [0.717, 1.165) is 24.7 Å². The van der Waals surface area contributed by atoms with E-state index in [1.165, 1.54) is 30.4 Å². The van der Waals surface area contributed by atoms with Crippen molar-refractivity contribution in [2.75, 3.05) is 20.4 Å². The van der Waals surface area contributed by atoms with E-state index < -0.39 is 0 Å². The summed E-state index contributed by atoms with van der Waals surface area (Å²) in [6, 6.07) is 6.90. The lowest BCUT2D eigenvalue weighted by Crippen LogP contribution is -2.12. The smallest absolute Gasteiger partial charge is 0.189 e. The lowest BCUT2D eigenvalue weighted by atomic mass is 10.1. The molecule has 1 unspecified atom stereocenters. The van der Waals surface area contributed by atoms with E-state index in [1.807, 2.05) is 7.05 Å². The van der Waals surface area contributed by atoms with Gasteiger partial charge in [0.15, 0.2) is 6.79 Å². The van der Waals surface area contributed by atoms with E-state index in [9.17, 15) is 0 Å². The minimum Gasteiger partial charge on any atom is -0.468 e. The summed E-state index contributed by atoms with van der Waals surface area (Å²) in [5, 5.41) is 3.35. The third-order valence-electron chi connectivity index (χ3n) is 3.90. The lowest BCUT2D eigenvalue weighted by Gasteiger charge is -2.11. The number of benzene rings is 1. The molecule has 0 saturated heterocycles. The first kappa shape index (κ1) is 12.0. The molecular weight excluding hydrogens is 226 g/mol. The van der Waals surface area contributed by atoms with Crippen LogP contribution in [0.5, 0.6) is 5.75 Å². The molecule has 3 nitrogen and oxygen atoms in total. The summed E-state index contributed by atoms with van der Waals surface area (Å²) >= 11 is 0. The Kier molecular flexibility index (Phi) is 3.52. The van der Waals surface area contributed by atoms with Gasteiger partial charge in [0.25, 0.3) is 0 Å². The molecule has 1 saturated carbocycles. The molecule has 1 aromatic carbocycles. The van der Waals surface area contributed by atoms with E-state index in [1.54, 1.807) is 0 Å². The molecule has 0 aromatic heterocycles. The number of aryl methyl sites for hydroxylation is 1. The van der Waals surface area contributed by atoms with Gasteiger partial charge in [0, 0.05) is 6.04 Å². The van der Waals surface area contributed by atoms with Gasteiger partial charge < -0.3 is 14.8 Å². The molecule has 0 heterocycles. The number of rotatable bonds is 6. The zero-order chi connectivity index (χ0) is 12.4. The maximum Gasteiger partial charge on any atom is 0.189 e. The Labute approximate surface area is 108 Å². The van der Waals surface area contributed by atoms with Crippen molar-refractivity contribution in [1.82, 2.24) is 5.32 Å². The van der Waals surface area contributed by atoms with E-state index in [2.05, 4.69) is 23.5 Å². The third kappa shape index (κ3) is 2.68. The second-order valence-electron chi connectivity index (χ2n) is 5.32. The van der Waals surface area contributed by atoms with Gasteiger partial charge in [-0.2, -0.15) is 0 Å². The van der Waals surface area contributed by atoms with Crippen molar-refractivity contribution >= 4 is 0 Å². The Morgan fingerprint density at radius 2 is 2.17 bits per heavy atom. The quantitative estimate of drug-likeness (QED) is 0.619. The number of fused-ring (bicyclic) bond motifs is 1. The first-order chi connectivity index (χ1) is 8.86. The second kappa shape index (κ2) is 5.29. The van der Waals surface area contributed by atoms with Crippen molar-refractivity contribution in [1.29, 1.82) is 0 Å². The first-order valence-electron chi connectivity index (χ1n) is 6.87. The van der Waals surface area contributed by atoms with Crippen molar-refractivity contribution in [3.63, 3.8) is 0 Å². The summed E-state index contributed by atoms with van der Waals surface area (Å²) in [4.78, 5) is 0. The highest BCUT2D eigenvalue weighted by molar-refractivity contribution is 5.40. The molecule has 98 valence electrons. The molecular formula is C15H21NO2. The molecule has 1 atom stereocenters. The van der Waals surface area contributed by atoms with E-state index in [4.69, 9.17) is 9.47 Å². The van der Waals surface area contributed by atoms with E-state index in [-0.39, 0.29) is 0 Å². The van der Waals surface area contributed by atoms with E-state index >= 15 is 0 Å². The minimum absolute atomic E-state index is 0.380. The zero-order valence-corrected chi connectivity index (χ0v) is 10.9. The average Bonchev–Trinajstić information content (AvgIpc) is 3.13. The van der Waals surface area contributed by atoms with Crippen LogP contribution in [0, 0.1) is 5.92 Å². The second-order valence-corrected chi connectivity index (χ2v) is 5.32. The van der Waals surface area contributed by atoms with Crippen LogP contribution in [0.3, 0.4) is 0 Å². The van der Waals surface area contributed by atoms with Crippen LogP contribution in [0.15, 0.2) is 18.2 Å². The van der Waals surface area contributed by atoms with Crippen LogP contribution in [0.2, 0.25) is 0 Å². The number of hydrogen-bond donors (Lipinski definition) is 1. The van der Waals surface area contributed by atoms with Crippen LogP contribution in [0.25, 0.3) is 0 Å². The van der Waals surface area contributed by atoms with Crippen LogP contribution >= 0.6 is 0 Å². The molecule has 18 heavy (non-hydrogen) atoms. The Balaban J connectivity index is 1.53. The molecule has 2 aliphatic carbocycles. The summed E-state index contributed by atoms with van der Waals surface area (Å²) in [5.74, 6) is 1.73. The van der Waals surface area contributed by atoms with Gasteiger partial charge in [-0.15, -0.1) is 0 Å². The molecule has 0 spiro atoms. The molecule has 3 rings (SSSR count). The number of ether oxygens (including phenoxy) is 2. The normalized spacial score (nSPS) is 21.9. The Bertz CT molecular complexity index is 415. The fraction of sp³-hybridized carbons (Fsp3) is 0.600. The highest BCUT2D eigenvalue weighted by Crippen LogP contribution is 2.33. The van der Waals surface area contributed by atoms with Gasteiger partial charge in [-0.25, -0.2) is 0 Å². The van der Waals surface area contributed by atoms with Gasteiger partial charge in [0.1, 0.15) is 5.75 Å². The van der Waals surface area contributed by atoms with Gasteiger partial charge in [-0.05, 0) is 61.9 Å². The van der Waals surface area contributed by atoms with Crippen LogP contribution in [-0.4, -0.2) is 20.4 Å². The predicted molar refractivity (Wildman–Crippen MR) is 70.7 cm³/mol. The van der Waals surface area contributed by atoms with Gasteiger partial charge in [0.2, 0.25) is 0 Å². The molecule has 0 radical (unpaired) electrons. The predicted octanol–water partition coefficient (Wildman–Crippen LogP) is 2.66. The highest BCUT2D eigenvalue weighted by atomic mass is 16.7. The third-order valence-corrected chi connectivity index (χ3v) is 3.90. The summed E-state index contributed by atoms with van der Waals surface area (Å²) in [7, 11) is 2.02. The Morgan fingerprint density at radius 1 is 1.28 bits per heavy atom. The Hall–Kier alpha value is -1.06. The van der Waals surface area contributed by atoms with Gasteiger partial charge in [0.05, 0.1) is 6.61 Å². The first-order valence-corrected chi connectivity index (χ1v) is 6.87. The fourth-order valence-corrected chi connectivity index (χ4v) is 2.59. The number of hydrogen-bond acceptors (Lipinski definition) is 3. The van der Waals surface area contributed by atoms with Gasteiger partial charge >= 0.3 is 0 Å². The van der Waals surface area contributed by atoms with Crippen molar-refractivity contribution in [2.45, 2.75) is 31.7 Å². The molecule has 0 bridgehead atoms. The molecule has 0 aliphatic heterocycles. The molecule has 2 aliphatic rings. The summed E-state index contributed by atoms with van der Waals surface area (Å²) < 4.78 is 11.1. The SMILES string of the molecule is CNC1CCc2cc(OCOCC3CC3)ccc21. The average molecular weight is 247 g/mol. The van der Waals surface area contributed by atoms with Gasteiger partial charge in [-0.1, -0.05) is 6.07 Å². The Morgan fingerprint density at radius 3 is 2.94 bits per heavy atom. The molecule has 0 amide bonds. The summed E-state index contributed by atoms with van der Waals surface area (Å²) in [5.41, 5.74) is 2.83. The lowest BCUT2D eigenvalue weighted by molar-refractivity contribution is 0.00995. The molecule has 1 N–H and O–H groups in total. The summed E-state index contributed by atoms with van der Waals surface area (Å²) in [6.07, 6.45) is 4.98. The van der Waals surface area contributed by atoms with Gasteiger partial charge in [-0.3, -0.25) is 0 Å². The van der Waals surface area contributed by atoms with Crippen LogP contribution < -0.4 is 10.1 Å². The highest BCUT2D eigenvalue weighted by Gasteiger charge is 2.22. The maximum atomic E-state index is 5.64. The molecule has 1 fully saturated rings. The maximum absolute atomic E-state index is 5.64. The van der Waals surface area contributed by atoms with Crippen molar-refractivity contribution < 1.29 is 9.47 Å². The summed E-state index contributed by atoms with van der Waals surface area (Å²) in [6.45, 7) is 1.23. The monoisotopic (exact) mass is 247 g/mol. The fourth-order valence-electron chi connectivity index (χ4n) is 2.59. The van der Waals surface area contributed by atoms with Crippen LogP contribution in [0.1, 0.15) is 36.4 Å². The largest absolute Gasteiger partial charge is 0.468 e. The topological polar surface area (TPSA) is 30.5 Å². The van der Waals surface area contributed by atoms with Crippen molar-refractivity contribution in [3.8, 4) is 5.75 Å². The number of nitrogens with one attached hydrogen (secondary N) is 1. The zero-order valence-electron chi connectivity index (χ0n) is 10.9. The van der Waals surface area contributed by atoms with E-state index in [0.29, 0.717) is 12.8 Å². The van der Waals surface area contributed by atoms with Crippen molar-refractivity contribution in [2.24, 2.45) is 5.92 Å². The minimum atomic E-state index is 0.380. The standard InChI is InChI=1S/C15H21NO2/c1-16-15-7-4-12-8-13(5-6-14(12)15)18-10-17-9-11-2-3-11/h5-6,8,11,15-16H,2-4,7,9-10H2,1H3. The van der Waals surface area contributed by atoms with Crippen molar-refractivity contribution in [3.05, 3.63) is 29.3 Å².